The van der Waals surface area contributed by atoms with Crippen LogP contribution in [0.1, 0.15) is 47.6 Å². The highest BCUT2D eigenvalue weighted by atomic mass is 19.1. The molecule has 5 rings (SSSR count). The van der Waals surface area contributed by atoms with Gasteiger partial charge in [0.15, 0.2) is 5.82 Å². The van der Waals surface area contributed by atoms with Crippen molar-refractivity contribution in [3.05, 3.63) is 58.7 Å². The van der Waals surface area contributed by atoms with Crippen molar-refractivity contribution in [3.63, 3.8) is 0 Å². The van der Waals surface area contributed by atoms with Gasteiger partial charge in [0.05, 0.1) is 5.56 Å². The van der Waals surface area contributed by atoms with Gasteiger partial charge in [-0.25, -0.2) is 9.37 Å². The second-order valence-corrected chi connectivity index (χ2v) is 9.04. The number of halogens is 1. The summed E-state index contributed by atoms with van der Waals surface area (Å²) in [6.45, 7) is 5.89. The molecular formula is C23H25FN6O. The van der Waals surface area contributed by atoms with Crippen LogP contribution in [0, 0.1) is 5.82 Å². The van der Waals surface area contributed by atoms with Crippen molar-refractivity contribution in [1.82, 2.24) is 24.6 Å². The van der Waals surface area contributed by atoms with E-state index in [1.54, 1.807) is 18.2 Å². The highest BCUT2D eigenvalue weighted by Gasteiger charge is 2.34. The second kappa shape index (κ2) is 7.23. The van der Waals surface area contributed by atoms with Crippen LogP contribution in [0.2, 0.25) is 0 Å². The standard InChI is InChI=1S/C23H25FN6O/c1-23(2)9-7-20-27-28-21(30(20)23)18-5-4-6-19(25-18)26-22(31)16-11-15-13-29(3)10-8-14(15)12-17(16)24/h4-6,11-12H,7-10,13H2,1-3H3,(H,25,26,31). The maximum absolute atomic E-state index is 14.6. The second-order valence-electron chi connectivity index (χ2n) is 9.04. The van der Waals surface area contributed by atoms with E-state index in [0.717, 1.165) is 42.8 Å². The predicted octanol–water partition coefficient (Wildman–Crippen LogP) is 3.40. The van der Waals surface area contributed by atoms with Gasteiger partial charge in [0.1, 0.15) is 23.2 Å². The van der Waals surface area contributed by atoms with Gasteiger partial charge >= 0.3 is 0 Å². The Morgan fingerprint density at radius 2 is 2.00 bits per heavy atom. The van der Waals surface area contributed by atoms with E-state index in [-0.39, 0.29) is 11.1 Å². The number of anilines is 1. The van der Waals surface area contributed by atoms with Crippen LogP contribution in [0.15, 0.2) is 30.3 Å². The molecule has 0 bridgehead atoms. The third-order valence-electron chi connectivity index (χ3n) is 6.25. The molecule has 2 aliphatic heterocycles. The fourth-order valence-electron chi connectivity index (χ4n) is 4.52. The molecule has 160 valence electrons. The molecule has 1 N–H and O–H groups in total. The Labute approximate surface area is 180 Å². The number of benzene rings is 1. The summed E-state index contributed by atoms with van der Waals surface area (Å²) >= 11 is 0. The number of carbonyl (C=O) groups excluding carboxylic acids is 1. The molecule has 31 heavy (non-hydrogen) atoms. The van der Waals surface area contributed by atoms with E-state index in [4.69, 9.17) is 0 Å². The Morgan fingerprint density at radius 3 is 2.84 bits per heavy atom. The summed E-state index contributed by atoms with van der Waals surface area (Å²) in [5, 5.41) is 11.4. The number of nitrogens with one attached hydrogen (secondary N) is 1. The number of hydrogen-bond donors (Lipinski definition) is 1. The Kier molecular flexibility index (Phi) is 4.62. The van der Waals surface area contributed by atoms with Gasteiger partial charge in [-0.3, -0.25) is 4.79 Å². The number of rotatable bonds is 3. The number of carbonyl (C=O) groups is 1. The highest BCUT2D eigenvalue weighted by Crippen LogP contribution is 2.35. The van der Waals surface area contributed by atoms with E-state index in [9.17, 15) is 9.18 Å². The first-order valence-corrected chi connectivity index (χ1v) is 10.6. The number of hydrogen-bond acceptors (Lipinski definition) is 5. The van der Waals surface area contributed by atoms with Gasteiger partial charge in [-0.05, 0) is 69.1 Å². The first-order chi connectivity index (χ1) is 14.8. The zero-order chi connectivity index (χ0) is 21.8. The van der Waals surface area contributed by atoms with Crippen molar-refractivity contribution in [2.75, 3.05) is 18.9 Å². The van der Waals surface area contributed by atoms with Crippen LogP contribution >= 0.6 is 0 Å². The summed E-state index contributed by atoms with van der Waals surface area (Å²) in [6, 6.07) is 8.49. The van der Waals surface area contributed by atoms with Crippen LogP contribution in [0.3, 0.4) is 0 Å². The lowest BCUT2D eigenvalue weighted by atomic mass is 9.97. The highest BCUT2D eigenvalue weighted by molar-refractivity contribution is 6.04. The summed E-state index contributed by atoms with van der Waals surface area (Å²) in [4.78, 5) is 19.6. The smallest absolute Gasteiger partial charge is 0.259 e. The number of aromatic nitrogens is 4. The van der Waals surface area contributed by atoms with E-state index in [1.165, 1.54) is 6.07 Å². The molecule has 0 spiro atoms. The lowest BCUT2D eigenvalue weighted by Crippen LogP contribution is -2.27. The minimum Gasteiger partial charge on any atom is -0.306 e. The Bertz CT molecular complexity index is 1180. The van der Waals surface area contributed by atoms with Crippen molar-refractivity contribution in [1.29, 1.82) is 0 Å². The zero-order valence-corrected chi connectivity index (χ0v) is 17.9. The number of pyridine rings is 1. The van der Waals surface area contributed by atoms with E-state index < -0.39 is 11.7 Å². The van der Waals surface area contributed by atoms with E-state index >= 15 is 0 Å². The topological polar surface area (TPSA) is 75.9 Å². The molecule has 1 aromatic carbocycles. The van der Waals surface area contributed by atoms with Crippen LogP contribution in [-0.2, 0) is 24.9 Å². The van der Waals surface area contributed by atoms with Gasteiger partial charge in [0.2, 0.25) is 0 Å². The molecule has 0 unspecified atom stereocenters. The fourth-order valence-corrected chi connectivity index (χ4v) is 4.52. The quantitative estimate of drug-likeness (QED) is 0.703. The molecule has 3 aromatic rings. The van der Waals surface area contributed by atoms with Crippen molar-refractivity contribution < 1.29 is 9.18 Å². The zero-order valence-electron chi connectivity index (χ0n) is 17.9. The minimum atomic E-state index is -0.509. The van der Waals surface area contributed by atoms with Gasteiger partial charge < -0.3 is 14.8 Å². The summed E-state index contributed by atoms with van der Waals surface area (Å²) in [6.07, 6.45) is 2.66. The molecule has 8 heteroatoms. The number of nitrogens with zero attached hydrogens (tertiary/aromatic N) is 5. The van der Waals surface area contributed by atoms with Crippen LogP contribution in [0.25, 0.3) is 11.5 Å². The number of aryl methyl sites for hydroxylation is 1. The monoisotopic (exact) mass is 420 g/mol. The third kappa shape index (κ3) is 3.50. The molecule has 0 atom stereocenters. The van der Waals surface area contributed by atoms with Gasteiger partial charge in [-0.1, -0.05) is 6.07 Å². The lowest BCUT2D eigenvalue weighted by molar-refractivity contribution is 0.102. The average Bonchev–Trinajstić information content (AvgIpc) is 3.29. The minimum absolute atomic E-state index is 0.0331. The Hall–Kier alpha value is -3.13. The molecule has 0 saturated carbocycles. The normalized spacial score (nSPS) is 17.3. The van der Waals surface area contributed by atoms with Crippen LogP contribution in [-0.4, -0.2) is 44.1 Å². The van der Waals surface area contributed by atoms with Crippen LogP contribution in [0.4, 0.5) is 10.2 Å². The van der Waals surface area contributed by atoms with Crippen molar-refractivity contribution >= 4 is 11.7 Å². The van der Waals surface area contributed by atoms with E-state index in [2.05, 4.69) is 43.8 Å². The number of fused-ring (bicyclic) bond motifs is 2. The molecular weight excluding hydrogens is 395 g/mol. The number of likely N-dealkylation sites (N-methyl/N-ethyl adjacent to an activating group) is 1. The molecule has 2 aromatic heterocycles. The third-order valence-corrected chi connectivity index (χ3v) is 6.25. The molecule has 0 radical (unpaired) electrons. The number of amides is 1. The molecule has 2 aliphatic rings. The summed E-state index contributed by atoms with van der Waals surface area (Å²) < 4.78 is 16.8. The van der Waals surface area contributed by atoms with Crippen LogP contribution in [0.5, 0.6) is 0 Å². The summed E-state index contributed by atoms with van der Waals surface area (Å²) in [5.74, 6) is 0.956. The average molecular weight is 420 g/mol. The Morgan fingerprint density at radius 1 is 1.16 bits per heavy atom. The van der Waals surface area contributed by atoms with Crippen molar-refractivity contribution in [3.8, 4) is 11.5 Å². The summed E-state index contributed by atoms with van der Waals surface area (Å²) in [7, 11) is 2.02. The van der Waals surface area contributed by atoms with Crippen molar-refractivity contribution in [2.45, 2.75) is 45.2 Å². The molecule has 0 fully saturated rings. The molecule has 0 aliphatic carbocycles. The van der Waals surface area contributed by atoms with E-state index in [1.807, 2.05) is 13.1 Å². The van der Waals surface area contributed by atoms with Gasteiger partial charge in [-0.15, -0.1) is 10.2 Å². The summed E-state index contributed by atoms with van der Waals surface area (Å²) in [5.41, 5.74) is 2.53. The maximum Gasteiger partial charge on any atom is 0.259 e. The van der Waals surface area contributed by atoms with Gasteiger partial charge in [-0.2, -0.15) is 0 Å². The fraction of sp³-hybridized carbons (Fsp3) is 0.391. The van der Waals surface area contributed by atoms with Gasteiger partial charge in [0.25, 0.3) is 5.91 Å². The first-order valence-electron chi connectivity index (χ1n) is 10.6. The molecule has 4 heterocycles. The largest absolute Gasteiger partial charge is 0.306 e. The van der Waals surface area contributed by atoms with Gasteiger partial charge in [0, 0.05) is 25.0 Å². The molecule has 7 nitrogen and oxygen atoms in total. The first kappa shape index (κ1) is 19.8. The molecule has 1 amide bonds. The van der Waals surface area contributed by atoms with Crippen LogP contribution < -0.4 is 5.32 Å². The van der Waals surface area contributed by atoms with Crippen molar-refractivity contribution in [2.24, 2.45) is 0 Å². The molecule has 0 saturated heterocycles. The Balaban J connectivity index is 1.43. The predicted molar refractivity (Wildman–Crippen MR) is 115 cm³/mol. The maximum atomic E-state index is 14.6. The van der Waals surface area contributed by atoms with E-state index in [0.29, 0.717) is 23.9 Å². The lowest BCUT2D eigenvalue weighted by Gasteiger charge is -2.25. The SMILES string of the molecule is CN1CCc2cc(F)c(C(=O)Nc3cccc(-c4nnc5n4C(C)(C)CC5)n3)cc2C1.